The number of urea groups is 1. The first-order chi connectivity index (χ1) is 9.30. The molecule has 0 spiro atoms. The predicted octanol–water partition coefficient (Wildman–Crippen LogP) is -0.0213. The average Bonchev–Trinajstić information content (AvgIpc) is 3.18. The molecule has 2 aliphatic rings. The summed E-state index contributed by atoms with van der Waals surface area (Å²) in [5.41, 5.74) is 0. The van der Waals surface area contributed by atoms with Gasteiger partial charge in [-0.2, -0.15) is 11.8 Å². The summed E-state index contributed by atoms with van der Waals surface area (Å²) in [6, 6.07) is -1.52. The van der Waals surface area contributed by atoms with E-state index >= 15 is 0 Å². The Bertz CT molecular complexity index is 503. The number of hydrogen-bond acceptors (Lipinski definition) is 5. The van der Waals surface area contributed by atoms with Gasteiger partial charge in [0.2, 0.25) is 0 Å². The molecule has 2 unspecified atom stereocenters. The Morgan fingerprint density at radius 1 is 1.40 bits per heavy atom. The maximum atomic E-state index is 12.2. The van der Waals surface area contributed by atoms with Crippen molar-refractivity contribution in [3.8, 4) is 0 Å². The van der Waals surface area contributed by atoms with E-state index in [1.54, 1.807) is 0 Å². The van der Waals surface area contributed by atoms with E-state index in [2.05, 4.69) is 5.32 Å². The minimum absolute atomic E-state index is 0.0349. The Labute approximate surface area is 122 Å². The largest absolute Gasteiger partial charge is 0.480 e. The van der Waals surface area contributed by atoms with Gasteiger partial charge in [0.15, 0.2) is 9.84 Å². The molecule has 7 nitrogen and oxygen atoms in total. The van der Waals surface area contributed by atoms with Crippen LogP contribution in [0.25, 0.3) is 0 Å². The van der Waals surface area contributed by atoms with E-state index < -0.39 is 33.3 Å². The summed E-state index contributed by atoms with van der Waals surface area (Å²) in [7, 11) is -3.38. The SMILES string of the molecule is CS(=O)(=O)C1CSCCN1C(=O)NC(C(=O)O)C1CC1. The molecular formula is C11H18N2O5S2. The molecule has 9 heteroatoms. The fraction of sp³-hybridized carbons (Fsp3) is 0.818. The molecule has 2 rings (SSSR count). The Hall–Kier alpha value is -0.960. The van der Waals surface area contributed by atoms with Crippen LogP contribution in [0.4, 0.5) is 4.79 Å². The summed E-state index contributed by atoms with van der Waals surface area (Å²) in [5.74, 6) is -0.121. The number of carboxylic acids is 1. The lowest BCUT2D eigenvalue weighted by atomic mass is 10.2. The van der Waals surface area contributed by atoms with E-state index in [1.165, 1.54) is 16.7 Å². The molecule has 0 bridgehead atoms. The van der Waals surface area contributed by atoms with Crippen molar-refractivity contribution in [3.63, 3.8) is 0 Å². The van der Waals surface area contributed by atoms with Crippen LogP contribution in [0, 0.1) is 5.92 Å². The first-order valence-corrected chi connectivity index (χ1v) is 9.48. The maximum Gasteiger partial charge on any atom is 0.326 e. The highest BCUT2D eigenvalue weighted by atomic mass is 32.2. The van der Waals surface area contributed by atoms with Crippen LogP contribution in [-0.2, 0) is 14.6 Å². The van der Waals surface area contributed by atoms with Crippen molar-refractivity contribution in [3.05, 3.63) is 0 Å². The number of sulfone groups is 1. The van der Waals surface area contributed by atoms with Crippen LogP contribution < -0.4 is 5.32 Å². The van der Waals surface area contributed by atoms with Gasteiger partial charge in [-0.15, -0.1) is 0 Å². The number of carboxylic acid groups (broad SMARTS) is 1. The minimum Gasteiger partial charge on any atom is -0.480 e. The van der Waals surface area contributed by atoms with Crippen molar-refractivity contribution in [2.24, 2.45) is 5.92 Å². The third-order valence-corrected chi connectivity index (χ3v) is 6.12. The van der Waals surface area contributed by atoms with Crippen molar-refractivity contribution < 1.29 is 23.1 Å². The van der Waals surface area contributed by atoms with Crippen LogP contribution in [0.2, 0.25) is 0 Å². The maximum absolute atomic E-state index is 12.2. The van der Waals surface area contributed by atoms with Gasteiger partial charge < -0.3 is 15.3 Å². The summed E-state index contributed by atoms with van der Waals surface area (Å²) < 4.78 is 23.4. The van der Waals surface area contributed by atoms with Crippen LogP contribution in [0.3, 0.4) is 0 Å². The highest BCUT2D eigenvalue weighted by Gasteiger charge is 2.40. The fourth-order valence-electron chi connectivity index (χ4n) is 2.19. The van der Waals surface area contributed by atoms with E-state index in [1.807, 2.05) is 0 Å². The topological polar surface area (TPSA) is 104 Å². The van der Waals surface area contributed by atoms with Gasteiger partial charge in [0.05, 0.1) is 0 Å². The molecule has 0 radical (unpaired) electrons. The molecule has 1 aliphatic heterocycles. The van der Waals surface area contributed by atoms with Gasteiger partial charge >= 0.3 is 12.0 Å². The average molecular weight is 322 g/mol. The molecule has 20 heavy (non-hydrogen) atoms. The molecule has 1 saturated carbocycles. The van der Waals surface area contributed by atoms with E-state index in [4.69, 9.17) is 5.11 Å². The first kappa shape index (κ1) is 15.4. The van der Waals surface area contributed by atoms with Gasteiger partial charge in [0.25, 0.3) is 0 Å². The molecular weight excluding hydrogens is 304 g/mol. The van der Waals surface area contributed by atoms with Crippen molar-refractivity contribution in [1.29, 1.82) is 0 Å². The molecule has 2 amide bonds. The van der Waals surface area contributed by atoms with Gasteiger partial charge in [0, 0.05) is 24.3 Å². The highest BCUT2D eigenvalue weighted by Crippen LogP contribution is 2.33. The molecule has 0 aromatic rings. The molecule has 0 aromatic carbocycles. The number of nitrogens with zero attached hydrogens (tertiary/aromatic N) is 1. The number of carbonyl (C=O) groups is 2. The Balaban J connectivity index is 2.07. The summed E-state index contributed by atoms with van der Waals surface area (Å²) in [5, 5.41) is 10.7. The van der Waals surface area contributed by atoms with Gasteiger partial charge in [-0.25, -0.2) is 18.0 Å². The van der Waals surface area contributed by atoms with Gasteiger partial charge in [0.1, 0.15) is 11.4 Å². The second-order valence-corrected chi connectivity index (χ2v) is 8.51. The van der Waals surface area contributed by atoms with Gasteiger partial charge in [-0.3, -0.25) is 0 Å². The second kappa shape index (κ2) is 5.80. The molecule has 1 aliphatic carbocycles. The van der Waals surface area contributed by atoms with E-state index in [0.717, 1.165) is 19.1 Å². The number of aliphatic carboxylic acids is 1. The van der Waals surface area contributed by atoms with Crippen molar-refractivity contribution in [2.75, 3.05) is 24.3 Å². The summed E-state index contributed by atoms with van der Waals surface area (Å²) >= 11 is 1.48. The molecule has 0 aromatic heterocycles. The lowest BCUT2D eigenvalue weighted by molar-refractivity contribution is -0.139. The molecule has 2 fully saturated rings. The zero-order valence-corrected chi connectivity index (χ0v) is 12.7. The van der Waals surface area contributed by atoms with Gasteiger partial charge in [-0.1, -0.05) is 0 Å². The number of hydrogen-bond donors (Lipinski definition) is 2. The van der Waals surface area contributed by atoms with Crippen molar-refractivity contribution >= 4 is 33.6 Å². The van der Waals surface area contributed by atoms with Gasteiger partial charge in [-0.05, 0) is 18.8 Å². The number of nitrogens with one attached hydrogen (secondary N) is 1. The first-order valence-electron chi connectivity index (χ1n) is 6.37. The van der Waals surface area contributed by atoms with Crippen LogP contribution in [0.15, 0.2) is 0 Å². The molecule has 1 saturated heterocycles. The lowest BCUT2D eigenvalue weighted by Crippen LogP contribution is -2.56. The second-order valence-electron chi connectivity index (χ2n) is 5.16. The third-order valence-electron chi connectivity index (χ3n) is 3.48. The Kier molecular flexibility index (Phi) is 4.48. The number of carbonyl (C=O) groups excluding carboxylic acids is 1. The van der Waals surface area contributed by atoms with Crippen LogP contribution in [0.1, 0.15) is 12.8 Å². The highest BCUT2D eigenvalue weighted by molar-refractivity contribution is 8.00. The van der Waals surface area contributed by atoms with Crippen LogP contribution in [0.5, 0.6) is 0 Å². The third kappa shape index (κ3) is 3.57. The van der Waals surface area contributed by atoms with E-state index in [-0.39, 0.29) is 5.92 Å². The fourth-order valence-corrected chi connectivity index (χ4v) is 5.01. The zero-order chi connectivity index (χ0) is 14.9. The summed E-state index contributed by atoms with van der Waals surface area (Å²) in [4.78, 5) is 24.5. The summed E-state index contributed by atoms with van der Waals surface area (Å²) in [6.07, 6.45) is 2.66. The van der Waals surface area contributed by atoms with Crippen molar-refractivity contribution in [2.45, 2.75) is 24.3 Å². The number of thioether (sulfide) groups is 1. The van der Waals surface area contributed by atoms with Crippen LogP contribution in [-0.4, -0.2) is 66.1 Å². The monoisotopic (exact) mass is 322 g/mol. The van der Waals surface area contributed by atoms with Crippen molar-refractivity contribution in [1.82, 2.24) is 10.2 Å². The minimum atomic E-state index is -3.38. The zero-order valence-electron chi connectivity index (χ0n) is 11.1. The smallest absolute Gasteiger partial charge is 0.326 e. The predicted molar refractivity (Wildman–Crippen MR) is 75.3 cm³/mol. The standard InChI is InChI=1S/C11H18N2O5S2/c1-20(17,18)8-6-19-5-4-13(8)11(16)12-9(10(14)15)7-2-3-7/h7-9H,2-6H2,1H3,(H,12,16)(H,14,15). The van der Waals surface area contributed by atoms with E-state index in [9.17, 15) is 18.0 Å². The van der Waals surface area contributed by atoms with E-state index in [0.29, 0.717) is 18.1 Å². The molecule has 2 N–H and O–H groups in total. The molecule has 2 atom stereocenters. The Morgan fingerprint density at radius 3 is 2.55 bits per heavy atom. The number of amides is 2. The van der Waals surface area contributed by atoms with Crippen LogP contribution >= 0.6 is 11.8 Å². The quantitative estimate of drug-likeness (QED) is 0.754. The lowest BCUT2D eigenvalue weighted by Gasteiger charge is -2.34. The molecule has 114 valence electrons. The molecule has 1 heterocycles. The number of rotatable bonds is 4. The normalized spacial score (nSPS) is 25.1. The summed E-state index contributed by atoms with van der Waals surface area (Å²) in [6.45, 7) is 0.311. The Morgan fingerprint density at radius 2 is 2.05 bits per heavy atom.